The molecule has 162 valence electrons. The Balaban J connectivity index is 1.35. The molecule has 0 saturated carbocycles. The van der Waals surface area contributed by atoms with E-state index in [0.29, 0.717) is 12.0 Å². The predicted molar refractivity (Wildman–Crippen MR) is 117 cm³/mol. The van der Waals surface area contributed by atoms with Crippen LogP contribution in [-0.2, 0) is 9.53 Å². The van der Waals surface area contributed by atoms with Crippen LogP contribution in [-0.4, -0.2) is 41.3 Å². The van der Waals surface area contributed by atoms with E-state index in [9.17, 15) is 19.1 Å². The Morgan fingerprint density at radius 3 is 2.25 bits per heavy atom. The van der Waals surface area contributed by atoms with Gasteiger partial charge in [-0.15, -0.1) is 0 Å². The number of aliphatic carboxylic acids is 1. The number of amides is 1. The minimum Gasteiger partial charge on any atom is -0.480 e. The van der Waals surface area contributed by atoms with Crippen LogP contribution in [0.5, 0.6) is 0 Å². The van der Waals surface area contributed by atoms with Gasteiger partial charge in [-0.2, -0.15) is 0 Å². The molecular formula is C26H22FNO4. The van der Waals surface area contributed by atoms with Crippen molar-refractivity contribution in [2.75, 3.05) is 13.2 Å². The molecule has 0 bridgehead atoms. The van der Waals surface area contributed by atoms with Gasteiger partial charge in [-0.1, -0.05) is 60.7 Å². The van der Waals surface area contributed by atoms with Crippen LogP contribution in [0.2, 0.25) is 0 Å². The standard InChI is InChI=1S/C26H22FNO4/c27-17-7-5-6-16(14-17)18-12-13-28(24(18)25(29)30)26(31)32-15-23-21-10-3-1-8-19(21)20-9-2-4-11-22(20)23/h1-11,14,18,23-24H,12-13,15H2,(H,29,30). The van der Waals surface area contributed by atoms with Gasteiger partial charge < -0.3 is 9.84 Å². The number of carboxylic acids is 1. The highest BCUT2D eigenvalue weighted by molar-refractivity contribution is 5.82. The van der Waals surface area contributed by atoms with E-state index in [1.54, 1.807) is 12.1 Å². The maximum atomic E-state index is 13.7. The Morgan fingerprint density at radius 2 is 1.62 bits per heavy atom. The van der Waals surface area contributed by atoms with Crippen molar-refractivity contribution < 1.29 is 23.8 Å². The summed E-state index contributed by atoms with van der Waals surface area (Å²) in [5.74, 6) is -2.13. The van der Waals surface area contributed by atoms with E-state index < -0.39 is 29.8 Å². The summed E-state index contributed by atoms with van der Waals surface area (Å²) in [7, 11) is 0. The Labute approximate surface area is 185 Å². The van der Waals surface area contributed by atoms with Crippen molar-refractivity contribution in [3.05, 3.63) is 95.3 Å². The number of rotatable bonds is 4. The monoisotopic (exact) mass is 431 g/mol. The second-order valence-electron chi connectivity index (χ2n) is 8.23. The van der Waals surface area contributed by atoms with Crippen molar-refractivity contribution in [3.8, 4) is 11.1 Å². The first-order valence-corrected chi connectivity index (χ1v) is 10.6. The van der Waals surface area contributed by atoms with Gasteiger partial charge in [0.25, 0.3) is 0 Å². The average Bonchev–Trinajstić information content (AvgIpc) is 3.38. The average molecular weight is 431 g/mol. The molecule has 0 radical (unpaired) electrons. The van der Waals surface area contributed by atoms with E-state index >= 15 is 0 Å². The molecule has 1 aliphatic heterocycles. The lowest BCUT2D eigenvalue weighted by Crippen LogP contribution is -2.43. The molecule has 0 aromatic heterocycles. The van der Waals surface area contributed by atoms with Crippen molar-refractivity contribution in [2.24, 2.45) is 0 Å². The molecule has 0 spiro atoms. The van der Waals surface area contributed by atoms with Crippen molar-refractivity contribution in [1.82, 2.24) is 4.90 Å². The topological polar surface area (TPSA) is 66.8 Å². The molecule has 1 heterocycles. The van der Waals surface area contributed by atoms with Crippen LogP contribution in [0.15, 0.2) is 72.8 Å². The highest BCUT2D eigenvalue weighted by atomic mass is 19.1. The first kappa shape index (κ1) is 20.2. The summed E-state index contributed by atoms with van der Waals surface area (Å²) in [6, 6.07) is 20.9. The van der Waals surface area contributed by atoms with Gasteiger partial charge in [-0.3, -0.25) is 4.90 Å². The zero-order valence-corrected chi connectivity index (χ0v) is 17.3. The lowest BCUT2D eigenvalue weighted by atomic mass is 9.92. The van der Waals surface area contributed by atoms with Crippen molar-refractivity contribution >= 4 is 12.1 Å². The molecule has 3 aromatic rings. The summed E-state index contributed by atoms with van der Waals surface area (Å²) in [5, 5.41) is 9.83. The van der Waals surface area contributed by atoms with Gasteiger partial charge in [0.1, 0.15) is 18.5 Å². The van der Waals surface area contributed by atoms with Crippen molar-refractivity contribution in [2.45, 2.75) is 24.3 Å². The lowest BCUT2D eigenvalue weighted by molar-refractivity contribution is -0.142. The predicted octanol–water partition coefficient (Wildman–Crippen LogP) is 5.02. The third-order valence-electron chi connectivity index (χ3n) is 6.50. The number of hydrogen-bond donors (Lipinski definition) is 1. The zero-order chi connectivity index (χ0) is 22.2. The normalized spacial score (nSPS) is 19.5. The van der Waals surface area contributed by atoms with E-state index in [1.807, 2.05) is 36.4 Å². The fraction of sp³-hybridized carbons (Fsp3) is 0.231. The van der Waals surface area contributed by atoms with Crippen LogP contribution in [0.1, 0.15) is 34.9 Å². The molecule has 2 aliphatic rings. The number of carbonyl (C=O) groups excluding carboxylic acids is 1. The van der Waals surface area contributed by atoms with Gasteiger partial charge in [0.05, 0.1) is 0 Å². The molecule has 1 fully saturated rings. The summed E-state index contributed by atoms with van der Waals surface area (Å²) in [5.41, 5.74) is 5.01. The van der Waals surface area contributed by atoms with Crippen LogP contribution in [0.3, 0.4) is 0 Å². The number of fused-ring (bicyclic) bond motifs is 3. The summed E-state index contributed by atoms with van der Waals surface area (Å²) in [4.78, 5) is 26.2. The van der Waals surface area contributed by atoms with Crippen LogP contribution in [0.25, 0.3) is 11.1 Å². The van der Waals surface area contributed by atoms with Gasteiger partial charge >= 0.3 is 12.1 Å². The second kappa shape index (κ2) is 8.11. The molecule has 1 N–H and O–H groups in total. The first-order valence-electron chi connectivity index (χ1n) is 10.6. The summed E-state index contributed by atoms with van der Waals surface area (Å²) in [6.45, 7) is 0.370. The van der Waals surface area contributed by atoms with Crippen molar-refractivity contribution in [3.63, 3.8) is 0 Å². The molecule has 1 amide bonds. The Morgan fingerprint density at radius 1 is 0.969 bits per heavy atom. The summed E-state index contributed by atoms with van der Waals surface area (Å²) in [6.07, 6.45) is -0.219. The maximum absolute atomic E-state index is 13.7. The molecule has 5 rings (SSSR count). The molecule has 1 aliphatic carbocycles. The van der Waals surface area contributed by atoms with Gasteiger partial charge in [-0.05, 0) is 46.4 Å². The third-order valence-corrected chi connectivity index (χ3v) is 6.50. The Bertz CT molecular complexity index is 1150. The number of halogens is 1. The number of nitrogens with zero attached hydrogens (tertiary/aromatic N) is 1. The highest BCUT2D eigenvalue weighted by Gasteiger charge is 2.44. The van der Waals surface area contributed by atoms with Crippen LogP contribution >= 0.6 is 0 Å². The van der Waals surface area contributed by atoms with E-state index in [4.69, 9.17) is 4.74 Å². The van der Waals surface area contributed by atoms with Crippen LogP contribution in [0, 0.1) is 5.82 Å². The lowest BCUT2D eigenvalue weighted by Gasteiger charge is -2.25. The number of hydrogen-bond acceptors (Lipinski definition) is 3. The highest BCUT2D eigenvalue weighted by Crippen LogP contribution is 2.44. The minimum atomic E-state index is -1.12. The summed E-state index contributed by atoms with van der Waals surface area (Å²) < 4.78 is 19.3. The maximum Gasteiger partial charge on any atom is 0.410 e. The van der Waals surface area contributed by atoms with Crippen LogP contribution in [0.4, 0.5) is 9.18 Å². The van der Waals surface area contributed by atoms with E-state index in [-0.39, 0.29) is 19.1 Å². The smallest absolute Gasteiger partial charge is 0.410 e. The number of carboxylic acid groups (broad SMARTS) is 1. The van der Waals surface area contributed by atoms with Gasteiger partial charge in [0.2, 0.25) is 0 Å². The third kappa shape index (κ3) is 3.42. The van der Waals surface area contributed by atoms with Crippen LogP contribution < -0.4 is 0 Å². The quantitative estimate of drug-likeness (QED) is 0.630. The van der Waals surface area contributed by atoms with E-state index in [2.05, 4.69) is 12.1 Å². The molecule has 32 heavy (non-hydrogen) atoms. The Hall–Kier alpha value is -3.67. The minimum absolute atomic E-state index is 0.101. The second-order valence-corrected chi connectivity index (χ2v) is 8.23. The molecular weight excluding hydrogens is 409 g/mol. The summed E-state index contributed by atoms with van der Waals surface area (Å²) >= 11 is 0. The molecule has 6 heteroatoms. The molecule has 1 saturated heterocycles. The Kier molecular flexibility index (Phi) is 5.13. The van der Waals surface area contributed by atoms with Gasteiger partial charge in [0.15, 0.2) is 0 Å². The first-order chi connectivity index (χ1) is 15.5. The van der Waals surface area contributed by atoms with Crippen molar-refractivity contribution in [1.29, 1.82) is 0 Å². The zero-order valence-electron chi connectivity index (χ0n) is 17.3. The van der Waals surface area contributed by atoms with Gasteiger partial charge in [0, 0.05) is 18.4 Å². The fourth-order valence-corrected chi connectivity index (χ4v) is 5.07. The van der Waals surface area contributed by atoms with Gasteiger partial charge in [-0.25, -0.2) is 14.0 Å². The number of likely N-dealkylation sites (tertiary alicyclic amines) is 1. The molecule has 5 nitrogen and oxygen atoms in total. The number of carbonyl (C=O) groups is 2. The number of ether oxygens (including phenoxy) is 1. The number of benzene rings is 3. The van der Waals surface area contributed by atoms with E-state index in [0.717, 1.165) is 22.3 Å². The SMILES string of the molecule is O=C(O)C1C(c2cccc(F)c2)CCN1C(=O)OCC1c2ccccc2-c2ccccc21. The molecule has 2 unspecified atom stereocenters. The van der Waals surface area contributed by atoms with E-state index in [1.165, 1.54) is 17.0 Å². The molecule has 2 atom stereocenters. The largest absolute Gasteiger partial charge is 0.480 e. The fourth-order valence-electron chi connectivity index (χ4n) is 5.07. The molecule has 3 aromatic carbocycles.